The Labute approximate surface area is 201 Å². The molecule has 3 rings (SSSR count). The highest BCUT2D eigenvalue weighted by Gasteiger charge is 2.23. The Morgan fingerprint density at radius 1 is 0.676 bits per heavy atom. The van der Waals surface area contributed by atoms with Gasteiger partial charge in [0, 0.05) is 12.1 Å². The minimum Gasteiger partial charge on any atom is -0.462 e. The molecule has 0 heterocycles. The highest BCUT2D eigenvalue weighted by Crippen LogP contribution is 2.32. The Kier molecular flexibility index (Phi) is 8.68. The first kappa shape index (κ1) is 24.8. The van der Waals surface area contributed by atoms with Gasteiger partial charge in [0.15, 0.2) is 0 Å². The number of carbonyl (C=O) groups excluding carboxylic acids is 2. The molecular weight excluding hydrogens is 428 g/mol. The zero-order valence-corrected chi connectivity index (χ0v) is 20.1. The number of hydrogen-bond acceptors (Lipinski definition) is 6. The molecule has 0 spiro atoms. The molecule has 6 heteroatoms. The maximum atomic E-state index is 12.9. The maximum absolute atomic E-state index is 12.9. The van der Waals surface area contributed by atoms with Crippen LogP contribution >= 0.6 is 0 Å². The first-order valence-corrected chi connectivity index (χ1v) is 11.6. The van der Waals surface area contributed by atoms with E-state index in [0.29, 0.717) is 22.5 Å². The number of nitrogens with one attached hydrogen (secondary N) is 2. The predicted octanol–water partition coefficient (Wildman–Crippen LogP) is 6.39. The standard InChI is InChI=1S/C28H32N2O4/c1-5-33-27(31)23-17-26(30-20(4)22-15-11-8-12-16-22)24(28(32)34-6-2)18-25(23)29-19(3)21-13-9-7-10-14-21/h7-20,29-30H,5-6H2,1-4H3/t19-,20-/m0/s1. The smallest absolute Gasteiger partial charge is 0.340 e. The fourth-order valence-corrected chi connectivity index (χ4v) is 3.71. The molecule has 0 saturated carbocycles. The lowest BCUT2D eigenvalue weighted by molar-refractivity contribution is 0.0513. The van der Waals surface area contributed by atoms with E-state index >= 15 is 0 Å². The lowest BCUT2D eigenvalue weighted by Crippen LogP contribution is -2.18. The topological polar surface area (TPSA) is 76.7 Å². The van der Waals surface area contributed by atoms with Gasteiger partial charge in [-0.2, -0.15) is 0 Å². The molecular formula is C28H32N2O4. The van der Waals surface area contributed by atoms with E-state index in [0.717, 1.165) is 11.1 Å². The Balaban J connectivity index is 2.05. The monoisotopic (exact) mass is 460 g/mol. The third kappa shape index (κ3) is 6.16. The van der Waals surface area contributed by atoms with Crippen LogP contribution in [0.4, 0.5) is 11.4 Å². The van der Waals surface area contributed by atoms with Crippen LogP contribution in [-0.4, -0.2) is 25.2 Å². The molecule has 0 amide bonds. The molecule has 0 fully saturated rings. The predicted molar refractivity (Wildman–Crippen MR) is 135 cm³/mol. The second kappa shape index (κ2) is 11.9. The molecule has 34 heavy (non-hydrogen) atoms. The van der Waals surface area contributed by atoms with Gasteiger partial charge in [0.25, 0.3) is 0 Å². The molecule has 0 saturated heterocycles. The number of rotatable bonds is 10. The van der Waals surface area contributed by atoms with Crippen LogP contribution in [0.2, 0.25) is 0 Å². The summed E-state index contributed by atoms with van der Waals surface area (Å²) in [6.07, 6.45) is 0. The van der Waals surface area contributed by atoms with Crippen LogP contribution in [0.1, 0.15) is 71.6 Å². The van der Waals surface area contributed by atoms with Gasteiger partial charge in [-0.05, 0) is 51.0 Å². The van der Waals surface area contributed by atoms with Crippen molar-refractivity contribution in [3.05, 3.63) is 95.1 Å². The van der Waals surface area contributed by atoms with Gasteiger partial charge in [-0.25, -0.2) is 9.59 Å². The highest BCUT2D eigenvalue weighted by molar-refractivity contribution is 6.03. The Hall–Kier alpha value is -3.80. The van der Waals surface area contributed by atoms with E-state index in [4.69, 9.17) is 9.47 Å². The third-order valence-corrected chi connectivity index (χ3v) is 5.49. The molecule has 0 aromatic heterocycles. The molecule has 0 radical (unpaired) electrons. The Bertz CT molecular complexity index is 1010. The van der Waals surface area contributed by atoms with Crippen LogP contribution in [0.15, 0.2) is 72.8 Å². The molecule has 3 aromatic carbocycles. The second-order valence-corrected chi connectivity index (χ2v) is 7.94. The molecule has 6 nitrogen and oxygen atoms in total. The summed E-state index contributed by atoms with van der Waals surface area (Å²) in [6, 6.07) is 22.9. The van der Waals surface area contributed by atoms with E-state index in [2.05, 4.69) is 10.6 Å². The van der Waals surface area contributed by atoms with Crippen LogP contribution in [0.25, 0.3) is 0 Å². The van der Waals surface area contributed by atoms with Gasteiger partial charge in [-0.3, -0.25) is 0 Å². The number of hydrogen-bond donors (Lipinski definition) is 2. The molecule has 2 atom stereocenters. The summed E-state index contributed by atoms with van der Waals surface area (Å²) in [6.45, 7) is 8.02. The average Bonchev–Trinajstić information content (AvgIpc) is 2.85. The van der Waals surface area contributed by atoms with Crippen molar-refractivity contribution in [3.63, 3.8) is 0 Å². The summed E-state index contributed by atoms with van der Waals surface area (Å²) in [5.74, 6) is -0.924. The van der Waals surface area contributed by atoms with E-state index in [1.807, 2.05) is 74.5 Å². The van der Waals surface area contributed by atoms with Crippen LogP contribution in [0.3, 0.4) is 0 Å². The van der Waals surface area contributed by atoms with Crippen LogP contribution < -0.4 is 10.6 Å². The van der Waals surface area contributed by atoms with Crippen molar-refractivity contribution in [3.8, 4) is 0 Å². The molecule has 0 bridgehead atoms. The van der Waals surface area contributed by atoms with E-state index in [9.17, 15) is 9.59 Å². The van der Waals surface area contributed by atoms with Crippen LogP contribution in [0.5, 0.6) is 0 Å². The van der Waals surface area contributed by atoms with Crippen molar-refractivity contribution in [1.82, 2.24) is 0 Å². The quantitative estimate of drug-likeness (QED) is 0.342. The minimum atomic E-state index is -0.462. The zero-order valence-electron chi connectivity index (χ0n) is 20.1. The summed E-state index contributed by atoms with van der Waals surface area (Å²) in [4.78, 5) is 25.8. The van der Waals surface area contributed by atoms with E-state index in [1.165, 1.54) is 0 Å². The van der Waals surface area contributed by atoms with Gasteiger partial charge in [-0.15, -0.1) is 0 Å². The van der Waals surface area contributed by atoms with Crippen LogP contribution in [0, 0.1) is 0 Å². The molecule has 0 aliphatic carbocycles. The summed E-state index contributed by atoms with van der Waals surface area (Å²) in [7, 11) is 0. The summed E-state index contributed by atoms with van der Waals surface area (Å²) < 4.78 is 10.7. The molecule has 2 N–H and O–H groups in total. The van der Waals surface area contributed by atoms with E-state index in [-0.39, 0.29) is 25.3 Å². The van der Waals surface area contributed by atoms with Gasteiger partial charge >= 0.3 is 11.9 Å². The van der Waals surface area contributed by atoms with Crippen molar-refractivity contribution in [2.24, 2.45) is 0 Å². The van der Waals surface area contributed by atoms with Gasteiger partial charge in [-0.1, -0.05) is 60.7 Å². The number of ether oxygens (including phenoxy) is 2. The van der Waals surface area contributed by atoms with Gasteiger partial charge in [0.05, 0.1) is 35.7 Å². The second-order valence-electron chi connectivity index (χ2n) is 7.94. The average molecular weight is 461 g/mol. The molecule has 0 aliphatic heterocycles. The Morgan fingerprint density at radius 2 is 1.03 bits per heavy atom. The largest absolute Gasteiger partial charge is 0.462 e. The normalized spacial score (nSPS) is 12.4. The zero-order chi connectivity index (χ0) is 24.5. The van der Waals surface area contributed by atoms with Crippen molar-refractivity contribution < 1.29 is 19.1 Å². The first-order chi connectivity index (χ1) is 16.4. The molecule has 0 unspecified atom stereocenters. The van der Waals surface area contributed by atoms with Gasteiger partial charge in [0.2, 0.25) is 0 Å². The van der Waals surface area contributed by atoms with E-state index in [1.54, 1.807) is 26.0 Å². The fraction of sp³-hybridized carbons (Fsp3) is 0.286. The summed E-state index contributed by atoms with van der Waals surface area (Å²) in [5.41, 5.74) is 3.82. The SMILES string of the molecule is CCOC(=O)c1cc(N[C@@H](C)c2ccccc2)c(C(=O)OCC)cc1N[C@@H](C)c1ccccc1. The van der Waals surface area contributed by atoms with Crippen LogP contribution in [-0.2, 0) is 9.47 Å². The van der Waals surface area contributed by atoms with Crippen molar-refractivity contribution in [2.75, 3.05) is 23.8 Å². The maximum Gasteiger partial charge on any atom is 0.340 e. The lowest BCUT2D eigenvalue weighted by atomic mass is 10.0. The minimum absolute atomic E-state index is 0.105. The molecule has 3 aromatic rings. The number of carbonyl (C=O) groups is 2. The third-order valence-electron chi connectivity index (χ3n) is 5.49. The number of benzene rings is 3. The van der Waals surface area contributed by atoms with Crippen molar-refractivity contribution in [2.45, 2.75) is 39.8 Å². The van der Waals surface area contributed by atoms with E-state index < -0.39 is 11.9 Å². The van der Waals surface area contributed by atoms with Gasteiger partial charge in [0.1, 0.15) is 0 Å². The number of esters is 2. The van der Waals surface area contributed by atoms with Crippen molar-refractivity contribution in [1.29, 1.82) is 0 Å². The summed E-state index contributed by atoms with van der Waals surface area (Å²) >= 11 is 0. The van der Waals surface area contributed by atoms with Gasteiger partial charge < -0.3 is 20.1 Å². The Morgan fingerprint density at radius 3 is 1.35 bits per heavy atom. The molecule has 178 valence electrons. The van der Waals surface area contributed by atoms with Crippen molar-refractivity contribution >= 4 is 23.3 Å². The molecule has 0 aliphatic rings. The first-order valence-electron chi connectivity index (χ1n) is 11.6. The highest BCUT2D eigenvalue weighted by atomic mass is 16.5. The summed E-state index contributed by atoms with van der Waals surface area (Å²) in [5, 5.41) is 6.76. The number of anilines is 2. The lowest BCUT2D eigenvalue weighted by Gasteiger charge is -2.23. The fourth-order valence-electron chi connectivity index (χ4n) is 3.71.